The van der Waals surface area contributed by atoms with Gasteiger partial charge in [-0.1, -0.05) is 6.92 Å². The molecule has 8 heteroatoms. The van der Waals surface area contributed by atoms with E-state index in [-0.39, 0.29) is 24.5 Å². The van der Waals surface area contributed by atoms with Crippen LogP contribution in [0.5, 0.6) is 0 Å². The number of aliphatic carboxylic acids is 1. The maximum absolute atomic E-state index is 12.1. The molecule has 0 aliphatic carbocycles. The molecular weight excluding hydrogens is 272 g/mol. The zero-order valence-corrected chi connectivity index (χ0v) is 12.2. The molecule has 1 saturated heterocycles. The van der Waals surface area contributed by atoms with Crippen LogP contribution in [0.25, 0.3) is 0 Å². The summed E-state index contributed by atoms with van der Waals surface area (Å²) < 4.78 is 22.9. The second kappa shape index (κ2) is 5.36. The number of nitrogens with zero attached hydrogens (tertiary/aromatic N) is 1. The fraction of sp³-hybridized carbons (Fsp3) is 0.818. The first-order chi connectivity index (χ1) is 8.61. The molecule has 0 aromatic rings. The number of carboxylic acid groups (broad SMARTS) is 1. The summed E-state index contributed by atoms with van der Waals surface area (Å²) in [6.07, 6.45) is 0.245. The predicted octanol–water partition coefficient (Wildman–Crippen LogP) is 0.0682. The summed E-state index contributed by atoms with van der Waals surface area (Å²) >= 11 is 0. The van der Waals surface area contributed by atoms with E-state index in [9.17, 15) is 18.0 Å². The minimum absolute atomic E-state index is 0.0827. The third kappa shape index (κ3) is 3.59. The molecular formula is C11H20N2O5S. The molecule has 0 bridgehead atoms. The zero-order valence-electron chi connectivity index (χ0n) is 11.3. The minimum Gasteiger partial charge on any atom is -0.480 e. The van der Waals surface area contributed by atoms with Crippen molar-refractivity contribution in [2.45, 2.75) is 38.8 Å². The van der Waals surface area contributed by atoms with E-state index in [0.717, 1.165) is 0 Å². The lowest BCUT2D eigenvalue weighted by molar-refractivity contribution is -0.143. The highest BCUT2D eigenvalue weighted by molar-refractivity contribution is 7.91. The smallest absolute Gasteiger partial charge is 0.329 e. The highest BCUT2D eigenvalue weighted by Crippen LogP contribution is 2.15. The van der Waals surface area contributed by atoms with Gasteiger partial charge < -0.3 is 15.3 Å². The average molecular weight is 292 g/mol. The Kier molecular flexibility index (Phi) is 4.44. The van der Waals surface area contributed by atoms with Crippen molar-refractivity contribution in [2.24, 2.45) is 0 Å². The molecule has 0 saturated carbocycles. The van der Waals surface area contributed by atoms with Crippen LogP contribution in [0.4, 0.5) is 4.79 Å². The molecule has 1 heterocycles. The largest absolute Gasteiger partial charge is 0.480 e. The maximum Gasteiger partial charge on any atom is 0.329 e. The fourth-order valence-electron chi connectivity index (χ4n) is 1.90. The van der Waals surface area contributed by atoms with E-state index in [2.05, 4.69) is 5.32 Å². The number of rotatable bonds is 3. The summed E-state index contributed by atoms with van der Waals surface area (Å²) in [4.78, 5) is 24.6. The summed E-state index contributed by atoms with van der Waals surface area (Å²) in [6.45, 7) is 4.83. The first-order valence-corrected chi connectivity index (χ1v) is 7.96. The Labute approximate surface area is 112 Å². The third-order valence-corrected chi connectivity index (χ3v) is 5.29. The van der Waals surface area contributed by atoms with Crippen LogP contribution < -0.4 is 5.32 Å². The van der Waals surface area contributed by atoms with Crippen molar-refractivity contribution < 1.29 is 23.1 Å². The first-order valence-electron chi connectivity index (χ1n) is 6.14. The monoisotopic (exact) mass is 292 g/mol. The second-order valence-corrected chi connectivity index (χ2v) is 7.31. The molecule has 2 unspecified atom stereocenters. The molecule has 0 aromatic heterocycles. The molecule has 2 amide bonds. The van der Waals surface area contributed by atoms with E-state index in [1.165, 1.54) is 11.8 Å². The van der Waals surface area contributed by atoms with E-state index in [0.29, 0.717) is 0 Å². The standard InChI is InChI=1S/C11H20N2O5S/c1-4-11(3,9(14)15)12-10(16)13-5-6-19(17,18)7-8(13)2/h8H,4-7H2,1-3H3,(H,12,16)(H,14,15). The Bertz CT molecular complexity index is 475. The minimum atomic E-state index is -3.10. The SMILES string of the molecule is CCC(C)(NC(=O)N1CCS(=O)(=O)CC1C)C(=O)O. The Morgan fingerprint density at radius 1 is 1.47 bits per heavy atom. The van der Waals surface area contributed by atoms with Crippen LogP contribution >= 0.6 is 0 Å². The van der Waals surface area contributed by atoms with Gasteiger partial charge in [0.25, 0.3) is 0 Å². The van der Waals surface area contributed by atoms with Gasteiger partial charge in [0.15, 0.2) is 9.84 Å². The van der Waals surface area contributed by atoms with E-state index >= 15 is 0 Å². The van der Waals surface area contributed by atoms with Gasteiger partial charge in [0.05, 0.1) is 11.5 Å². The van der Waals surface area contributed by atoms with Crippen molar-refractivity contribution in [1.82, 2.24) is 10.2 Å². The summed E-state index contributed by atoms with van der Waals surface area (Å²) in [6, 6.07) is -0.984. The molecule has 2 atom stereocenters. The van der Waals surface area contributed by atoms with Crippen LogP contribution in [0, 0.1) is 0 Å². The molecule has 1 rings (SSSR count). The lowest BCUT2D eigenvalue weighted by Crippen LogP contribution is -2.60. The van der Waals surface area contributed by atoms with Crippen molar-refractivity contribution >= 4 is 21.8 Å². The summed E-state index contributed by atoms with van der Waals surface area (Å²) in [5, 5.41) is 11.6. The molecule has 110 valence electrons. The van der Waals surface area contributed by atoms with Crippen molar-refractivity contribution in [3.8, 4) is 0 Å². The Morgan fingerprint density at radius 3 is 2.47 bits per heavy atom. The van der Waals surface area contributed by atoms with Crippen molar-refractivity contribution in [3.05, 3.63) is 0 Å². The third-order valence-electron chi connectivity index (χ3n) is 3.49. The van der Waals surface area contributed by atoms with Crippen molar-refractivity contribution in [3.63, 3.8) is 0 Å². The Morgan fingerprint density at radius 2 is 2.05 bits per heavy atom. The molecule has 19 heavy (non-hydrogen) atoms. The lowest BCUT2D eigenvalue weighted by atomic mass is 9.99. The zero-order chi connectivity index (χ0) is 14.8. The Balaban J connectivity index is 2.77. The molecule has 1 aliphatic rings. The number of sulfone groups is 1. The van der Waals surface area contributed by atoms with Crippen LogP contribution in [0.3, 0.4) is 0 Å². The van der Waals surface area contributed by atoms with Gasteiger partial charge >= 0.3 is 12.0 Å². The number of nitrogens with one attached hydrogen (secondary N) is 1. The normalized spacial score (nSPS) is 25.4. The molecule has 1 aliphatic heterocycles. The topological polar surface area (TPSA) is 104 Å². The molecule has 2 N–H and O–H groups in total. The number of amides is 2. The maximum atomic E-state index is 12.1. The van der Waals surface area contributed by atoms with Crippen LogP contribution in [-0.4, -0.2) is 60.1 Å². The second-order valence-electron chi connectivity index (χ2n) is 5.08. The van der Waals surface area contributed by atoms with Crippen LogP contribution in [0.2, 0.25) is 0 Å². The Hall–Kier alpha value is -1.31. The predicted molar refractivity (Wildman–Crippen MR) is 69.7 cm³/mol. The molecule has 0 aromatic carbocycles. The van der Waals surface area contributed by atoms with Crippen LogP contribution in [0.1, 0.15) is 27.2 Å². The molecule has 0 radical (unpaired) electrons. The number of urea groups is 1. The molecule has 7 nitrogen and oxygen atoms in total. The van der Waals surface area contributed by atoms with E-state index in [1.54, 1.807) is 13.8 Å². The van der Waals surface area contributed by atoms with Crippen LogP contribution in [0.15, 0.2) is 0 Å². The van der Waals surface area contributed by atoms with E-state index < -0.39 is 33.4 Å². The average Bonchev–Trinajstić information content (AvgIpc) is 2.26. The van der Waals surface area contributed by atoms with Gasteiger partial charge in [-0.05, 0) is 20.3 Å². The van der Waals surface area contributed by atoms with Gasteiger partial charge in [-0.25, -0.2) is 18.0 Å². The summed E-state index contributed by atoms with van der Waals surface area (Å²) in [5.41, 5.74) is -1.34. The lowest BCUT2D eigenvalue weighted by Gasteiger charge is -2.36. The van der Waals surface area contributed by atoms with Gasteiger partial charge in [-0.15, -0.1) is 0 Å². The van der Waals surface area contributed by atoms with Gasteiger partial charge in [0.1, 0.15) is 5.54 Å². The van der Waals surface area contributed by atoms with E-state index in [1.807, 2.05) is 0 Å². The first kappa shape index (κ1) is 15.7. The van der Waals surface area contributed by atoms with Gasteiger partial charge in [0.2, 0.25) is 0 Å². The number of carboxylic acids is 1. The number of carbonyl (C=O) groups is 2. The van der Waals surface area contributed by atoms with Gasteiger partial charge in [-0.2, -0.15) is 0 Å². The quantitative estimate of drug-likeness (QED) is 0.766. The van der Waals surface area contributed by atoms with Crippen molar-refractivity contribution in [2.75, 3.05) is 18.1 Å². The highest BCUT2D eigenvalue weighted by Gasteiger charge is 2.37. The number of hydrogen-bond donors (Lipinski definition) is 2. The van der Waals surface area contributed by atoms with Gasteiger partial charge in [0, 0.05) is 12.6 Å². The van der Waals surface area contributed by atoms with Crippen LogP contribution in [-0.2, 0) is 14.6 Å². The number of hydrogen-bond acceptors (Lipinski definition) is 4. The van der Waals surface area contributed by atoms with Gasteiger partial charge in [-0.3, -0.25) is 0 Å². The number of carbonyl (C=O) groups excluding carboxylic acids is 1. The molecule has 0 spiro atoms. The highest BCUT2D eigenvalue weighted by atomic mass is 32.2. The summed E-state index contributed by atoms with van der Waals surface area (Å²) in [5.74, 6) is -1.28. The van der Waals surface area contributed by atoms with E-state index in [4.69, 9.17) is 5.11 Å². The summed E-state index contributed by atoms with van der Waals surface area (Å²) in [7, 11) is -3.10. The fourth-order valence-corrected chi connectivity index (χ4v) is 3.46. The molecule has 1 fully saturated rings. The van der Waals surface area contributed by atoms with Crippen molar-refractivity contribution in [1.29, 1.82) is 0 Å².